The SMILES string of the molecule is Cc1cccc(C)c1C(Cc1cccc(F)c1Cl)NN. The van der Waals surface area contributed by atoms with Gasteiger partial charge in [0.25, 0.3) is 0 Å². The predicted octanol–water partition coefficient (Wildman–Crippen LogP) is 3.84. The van der Waals surface area contributed by atoms with Crippen LogP contribution in [0.1, 0.15) is 28.3 Å². The highest BCUT2D eigenvalue weighted by Gasteiger charge is 2.17. The molecule has 2 aromatic carbocycles. The molecule has 2 aromatic rings. The number of benzene rings is 2. The van der Waals surface area contributed by atoms with Gasteiger partial charge in [-0.1, -0.05) is 41.9 Å². The Bertz CT molecular complexity index is 593. The lowest BCUT2D eigenvalue weighted by Gasteiger charge is -2.21. The Hall–Kier alpha value is -1.42. The summed E-state index contributed by atoms with van der Waals surface area (Å²) in [5.41, 5.74) is 7.00. The molecule has 0 bridgehead atoms. The molecule has 0 heterocycles. The maximum Gasteiger partial charge on any atom is 0.142 e. The number of hydrogen-bond acceptors (Lipinski definition) is 2. The zero-order chi connectivity index (χ0) is 14.7. The van der Waals surface area contributed by atoms with Crippen LogP contribution in [0.4, 0.5) is 4.39 Å². The standard InChI is InChI=1S/C16H18ClFN2/c1-10-5-3-6-11(2)15(10)14(20-19)9-12-7-4-8-13(18)16(12)17/h3-8,14,20H,9,19H2,1-2H3. The highest BCUT2D eigenvalue weighted by molar-refractivity contribution is 6.31. The largest absolute Gasteiger partial charge is 0.271 e. The summed E-state index contributed by atoms with van der Waals surface area (Å²) < 4.78 is 13.5. The van der Waals surface area contributed by atoms with Gasteiger partial charge < -0.3 is 0 Å². The fourth-order valence-corrected chi connectivity index (χ4v) is 2.75. The van der Waals surface area contributed by atoms with Gasteiger partial charge >= 0.3 is 0 Å². The first kappa shape index (κ1) is 15.0. The molecule has 0 aliphatic heterocycles. The normalized spacial score (nSPS) is 12.4. The number of nitrogens with two attached hydrogens (primary N) is 1. The van der Waals surface area contributed by atoms with Gasteiger partial charge in [-0.25, -0.2) is 4.39 Å². The van der Waals surface area contributed by atoms with E-state index < -0.39 is 5.82 Å². The van der Waals surface area contributed by atoms with E-state index in [1.54, 1.807) is 6.07 Å². The second kappa shape index (κ2) is 6.35. The summed E-state index contributed by atoms with van der Waals surface area (Å²) >= 11 is 6.02. The average molecular weight is 293 g/mol. The minimum Gasteiger partial charge on any atom is -0.271 e. The third kappa shape index (κ3) is 3.01. The van der Waals surface area contributed by atoms with E-state index in [1.165, 1.54) is 6.07 Å². The van der Waals surface area contributed by atoms with Crippen LogP contribution in [0.3, 0.4) is 0 Å². The smallest absolute Gasteiger partial charge is 0.142 e. The van der Waals surface area contributed by atoms with Crippen molar-refractivity contribution in [2.45, 2.75) is 26.3 Å². The number of halogens is 2. The molecular formula is C16H18ClFN2. The molecule has 0 aliphatic rings. The van der Waals surface area contributed by atoms with E-state index in [9.17, 15) is 4.39 Å². The molecule has 1 atom stereocenters. The lowest BCUT2D eigenvalue weighted by molar-refractivity contribution is 0.544. The Morgan fingerprint density at radius 2 is 1.75 bits per heavy atom. The van der Waals surface area contributed by atoms with E-state index in [0.717, 1.165) is 22.3 Å². The first-order valence-corrected chi connectivity index (χ1v) is 6.87. The van der Waals surface area contributed by atoms with Gasteiger partial charge in [0.15, 0.2) is 0 Å². The van der Waals surface area contributed by atoms with Gasteiger partial charge in [0.2, 0.25) is 0 Å². The molecule has 20 heavy (non-hydrogen) atoms. The topological polar surface area (TPSA) is 38.0 Å². The Morgan fingerprint density at radius 1 is 1.15 bits per heavy atom. The van der Waals surface area contributed by atoms with Crippen LogP contribution in [0.25, 0.3) is 0 Å². The first-order valence-electron chi connectivity index (χ1n) is 6.49. The van der Waals surface area contributed by atoms with Crippen molar-refractivity contribution in [3.8, 4) is 0 Å². The number of hydrazine groups is 1. The molecule has 0 spiro atoms. The number of hydrogen-bond donors (Lipinski definition) is 2. The van der Waals surface area contributed by atoms with Crippen molar-refractivity contribution >= 4 is 11.6 Å². The lowest BCUT2D eigenvalue weighted by atomic mass is 9.92. The second-order valence-electron chi connectivity index (χ2n) is 4.94. The highest BCUT2D eigenvalue weighted by atomic mass is 35.5. The maximum absolute atomic E-state index is 13.5. The van der Waals surface area contributed by atoms with Crippen molar-refractivity contribution in [2.75, 3.05) is 0 Å². The quantitative estimate of drug-likeness (QED) is 0.664. The summed E-state index contributed by atoms with van der Waals surface area (Å²) in [6.07, 6.45) is 0.540. The summed E-state index contributed by atoms with van der Waals surface area (Å²) in [5, 5.41) is 0.166. The van der Waals surface area contributed by atoms with Crippen molar-refractivity contribution in [3.05, 3.63) is 69.5 Å². The molecule has 2 rings (SSSR count). The first-order chi connectivity index (χ1) is 9.54. The van der Waals surface area contributed by atoms with Gasteiger partial charge in [-0.3, -0.25) is 11.3 Å². The van der Waals surface area contributed by atoms with Crippen LogP contribution in [0.2, 0.25) is 5.02 Å². The van der Waals surface area contributed by atoms with E-state index in [-0.39, 0.29) is 11.1 Å². The molecule has 0 saturated heterocycles. The maximum atomic E-state index is 13.5. The fraction of sp³-hybridized carbons (Fsp3) is 0.250. The van der Waals surface area contributed by atoms with E-state index >= 15 is 0 Å². The zero-order valence-corrected chi connectivity index (χ0v) is 12.3. The lowest BCUT2D eigenvalue weighted by Crippen LogP contribution is -2.30. The summed E-state index contributed by atoms with van der Waals surface area (Å²) in [6, 6.07) is 10.8. The Balaban J connectivity index is 2.37. The van der Waals surface area contributed by atoms with Crippen LogP contribution in [0.5, 0.6) is 0 Å². The number of aryl methyl sites for hydroxylation is 2. The molecule has 0 aliphatic carbocycles. The third-order valence-corrected chi connectivity index (χ3v) is 3.97. The van der Waals surface area contributed by atoms with Gasteiger partial charge in [0, 0.05) is 0 Å². The predicted molar refractivity (Wildman–Crippen MR) is 81.1 cm³/mol. The molecule has 3 N–H and O–H groups in total. The number of nitrogens with one attached hydrogen (secondary N) is 1. The average Bonchev–Trinajstić information content (AvgIpc) is 2.42. The summed E-state index contributed by atoms with van der Waals surface area (Å²) in [5.74, 6) is 5.29. The van der Waals surface area contributed by atoms with E-state index in [1.807, 2.05) is 38.1 Å². The highest BCUT2D eigenvalue weighted by Crippen LogP contribution is 2.28. The van der Waals surface area contributed by atoms with Gasteiger partial charge in [-0.15, -0.1) is 0 Å². The zero-order valence-electron chi connectivity index (χ0n) is 11.6. The van der Waals surface area contributed by atoms with Crippen molar-refractivity contribution in [3.63, 3.8) is 0 Å². The van der Waals surface area contributed by atoms with Crippen LogP contribution < -0.4 is 11.3 Å². The molecule has 0 amide bonds. The molecule has 106 valence electrons. The molecular weight excluding hydrogens is 275 g/mol. The van der Waals surface area contributed by atoms with Crippen LogP contribution in [0, 0.1) is 19.7 Å². The van der Waals surface area contributed by atoms with Crippen LogP contribution in [0.15, 0.2) is 36.4 Å². The van der Waals surface area contributed by atoms with Crippen molar-refractivity contribution in [1.29, 1.82) is 0 Å². The molecule has 2 nitrogen and oxygen atoms in total. The van der Waals surface area contributed by atoms with Crippen molar-refractivity contribution in [1.82, 2.24) is 5.43 Å². The van der Waals surface area contributed by atoms with Gasteiger partial charge in [0.1, 0.15) is 5.82 Å². The molecule has 1 unspecified atom stereocenters. The summed E-state index contributed by atoms with van der Waals surface area (Å²) in [4.78, 5) is 0. The van der Waals surface area contributed by atoms with Crippen LogP contribution in [-0.4, -0.2) is 0 Å². The van der Waals surface area contributed by atoms with Gasteiger partial charge in [-0.05, 0) is 48.6 Å². The van der Waals surface area contributed by atoms with E-state index in [4.69, 9.17) is 17.4 Å². The summed E-state index contributed by atoms with van der Waals surface area (Å²) in [6.45, 7) is 4.08. The monoisotopic (exact) mass is 292 g/mol. The molecule has 0 radical (unpaired) electrons. The molecule has 0 aromatic heterocycles. The van der Waals surface area contributed by atoms with Crippen LogP contribution in [-0.2, 0) is 6.42 Å². The molecule has 0 fully saturated rings. The summed E-state index contributed by atoms with van der Waals surface area (Å²) in [7, 11) is 0. The van der Waals surface area contributed by atoms with Gasteiger partial charge in [-0.2, -0.15) is 0 Å². The Morgan fingerprint density at radius 3 is 2.35 bits per heavy atom. The third-order valence-electron chi connectivity index (χ3n) is 3.55. The molecule has 0 saturated carbocycles. The minimum absolute atomic E-state index is 0.101. The van der Waals surface area contributed by atoms with E-state index in [0.29, 0.717) is 6.42 Å². The second-order valence-corrected chi connectivity index (χ2v) is 5.32. The van der Waals surface area contributed by atoms with Crippen molar-refractivity contribution in [2.24, 2.45) is 5.84 Å². The van der Waals surface area contributed by atoms with E-state index in [2.05, 4.69) is 5.43 Å². The molecule has 4 heteroatoms. The van der Waals surface area contributed by atoms with Gasteiger partial charge in [0.05, 0.1) is 11.1 Å². The Kier molecular flexibility index (Phi) is 4.76. The number of rotatable bonds is 4. The minimum atomic E-state index is -0.401. The van der Waals surface area contributed by atoms with Crippen molar-refractivity contribution < 1.29 is 4.39 Å². The fourth-order valence-electron chi connectivity index (χ4n) is 2.55. The Labute approximate surface area is 123 Å². The van der Waals surface area contributed by atoms with Crippen LogP contribution >= 0.6 is 11.6 Å².